The molecule has 0 radical (unpaired) electrons. The number of rotatable bonds is 1. The van der Waals surface area contributed by atoms with E-state index in [-0.39, 0.29) is 12.4 Å². The Morgan fingerprint density at radius 2 is 1.95 bits per heavy atom. The highest BCUT2D eigenvalue weighted by Gasteiger charge is 2.39. The van der Waals surface area contributed by atoms with E-state index in [4.69, 9.17) is 9.57 Å². The van der Waals surface area contributed by atoms with Gasteiger partial charge in [-0.05, 0) is 38.5 Å². The van der Waals surface area contributed by atoms with Gasteiger partial charge in [-0.25, -0.2) is 14.0 Å². The van der Waals surface area contributed by atoms with Gasteiger partial charge in [0.1, 0.15) is 17.3 Å². The molecule has 2 rings (SSSR count). The number of carbonyl (C=O) groups is 2. The third kappa shape index (κ3) is 3.26. The lowest BCUT2D eigenvalue weighted by molar-refractivity contribution is -0.166. The average molecular weight is 281 g/mol. The molecule has 1 saturated heterocycles. The van der Waals surface area contributed by atoms with Crippen LogP contribution in [0.25, 0.3) is 0 Å². The van der Waals surface area contributed by atoms with Crippen LogP contribution in [0.2, 0.25) is 0 Å². The summed E-state index contributed by atoms with van der Waals surface area (Å²) >= 11 is 0. The molecule has 108 valence electrons. The van der Waals surface area contributed by atoms with Crippen molar-refractivity contribution in [3.63, 3.8) is 0 Å². The quantitative estimate of drug-likeness (QED) is 0.794. The van der Waals surface area contributed by atoms with Crippen molar-refractivity contribution in [2.45, 2.75) is 32.3 Å². The van der Waals surface area contributed by atoms with Crippen LogP contribution in [0.1, 0.15) is 32.3 Å². The van der Waals surface area contributed by atoms with Gasteiger partial charge in [0, 0.05) is 0 Å². The van der Waals surface area contributed by atoms with Gasteiger partial charge in [0.15, 0.2) is 0 Å². The highest BCUT2D eigenvalue weighted by Crippen LogP contribution is 2.26. The molecular weight excluding hydrogens is 265 g/mol. The number of carbonyl (C=O) groups excluding carboxylic acids is 2. The smallest absolute Gasteiger partial charge is 0.442 e. The molecular formula is C14H16FNO4. The molecule has 0 bridgehead atoms. The molecule has 1 amide bonds. The number of hydroxylamine groups is 2. The Labute approximate surface area is 116 Å². The highest BCUT2D eigenvalue weighted by molar-refractivity contribution is 5.83. The van der Waals surface area contributed by atoms with E-state index in [1.54, 1.807) is 20.8 Å². The van der Waals surface area contributed by atoms with Crippen molar-refractivity contribution >= 4 is 12.1 Å². The Hall–Kier alpha value is -2.11. The number of halogens is 1. The maximum absolute atomic E-state index is 12.9. The first kappa shape index (κ1) is 14.3. The van der Waals surface area contributed by atoms with Crippen LogP contribution in [0.3, 0.4) is 0 Å². The third-order valence-corrected chi connectivity index (χ3v) is 2.70. The topological polar surface area (TPSA) is 55.8 Å². The van der Waals surface area contributed by atoms with Gasteiger partial charge in [-0.2, -0.15) is 0 Å². The van der Waals surface area contributed by atoms with Crippen LogP contribution < -0.4 is 0 Å². The summed E-state index contributed by atoms with van der Waals surface area (Å²) in [7, 11) is 0. The molecule has 1 aliphatic heterocycles. The summed E-state index contributed by atoms with van der Waals surface area (Å²) in [6, 6.07) is 5.53. The first-order valence-corrected chi connectivity index (χ1v) is 6.24. The Bertz CT molecular complexity index is 521. The summed E-state index contributed by atoms with van der Waals surface area (Å²) in [5.41, 5.74) is -0.0697. The van der Waals surface area contributed by atoms with Gasteiger partial charge in [-0.1, -0.05) is 12.1 Å². The van der Waals surface area contributed by atoms with Gasteiger partial charge in [0.25, 0.3) is 0 Å². The molecule has 6 heteroatoms. The summed E-state index contributed by atoms with van der Waals surface area (Å²) in [5.74, 6) is -1.56. The van der Waals surface area contributed by atoms with Gasteiger partial charge in [-0.3, -0.25) is 0 Å². The minimum Gasteiger partial charge on any atom is -0.442 e. The molecule has 1 fully saturated rings. The summed E-state index contributed by atoms with van der Waals surface area (Å²) in [4.78, 5) is 28.5. The van der Waals surface area contributed by atoms with Crippen molar-refractivity contribution in [2.24, 2.45) is 0 Å². The molecule has 5 nitrogen and oxygen atoms in total. The predicted octanol–water partition coefficient (Wildman–Crippen LogP) is 2.62. The fourth-order valence-corrected chi connectivity index (χ4v) is 1.81. The van der Waals surface area contributed by atoms with Crippen molar-refractivity contribution in [1.82, 2.24) is 5.06 Å². The van der Waals surface area contributed by atoms with Crippen molar-refractivity contribution in [1.29, 1.82) is 0 Å². The van der Waals surface area contributed by atoms with Crippen molar-refractivity contribution in [3.05, 3.63) is 35.6 Å². The molecule has 0 N–H and O–H groups in total. The molecule has 1 aromatic rings. The summed E-state index contributed by atoms with van der Waals surface area (Å²) < 4.78 is 18.0. The van der Waals surface area contributed by atoms with Gasteiger partial charge in [0.05, 0.1) is 6.54 Å². The maximum atomic E-state index is 12.9. The van der Waals surface area contributed by atoms with Crippen molar-refractivity contribution in [3.8, 4) is 0 Å². The van der Waals surface area contributed by atoms with Gasteiger partial charge >= 0.3 is 12.1 Å². The van der Waals surface area contributed by atoms with Crippen LogP contribution in [0.5, 0.6) is 0 Å². The fraction of sp³-hybridized carbons (Fsp3) is 0.429. The molecule has 1 atom stereocenters. The molecule has 1 heterocycles. The summed E-state index contributed by atoms with van der Waals surface area (Å²) in [6.45, 7) is 5.22. The number of hydrogen-bond acceptors (Lipinski definition) is 4. The van der Waals surface area contributed by atoms with Crippen LogP contribution in [-0.2, 0) is 14.4 Å². The maximum Gasteiger partial charge on any atom is 0.443 e. The standard InChI is InChI=1S/C14H16FNO4/c1-14(2,3)19-13(18)16-8-11(12(17)20-16)9-4-6-10(15)7-5-9/h4-7,11H,8H2,1-3H3. The van der Waals surface area contributed by atoms with Gasteiger partial charge in [-0.15, -0.1) is 5.06 Å². The summed E-state index contributed by atoms with van der Waals surface area (Å²) in [5, 5.41) is 0.890. The zero-order valence-corrected chi connectivity index (χ0v) is 11.6. The highest BCUT2D eigenvalue weighted by atomic mass is 19.1. The SMILES string of the molecule is CC(C)(C)OC(=O)N1CC(c2ccc(F)cc2)C(=O)O1. The molecule has 0 spiro atoms. The molecule has 1 aliphatic rings. The van der Waals surface area contributed by atoms with Gasteiger partial charge < -0.3 is 9.57 Å². The van der Waals surface area contributed by atoms with Crippen LogP contribution in [0.4, 0.5) is 9.18 Å². The van der Waals surface area contributed by atoms with Crippen LogP contribution >= 0.6 is 0 Å². The van der Waals surface area contributed by atoms with E-state index in [0.717, 1.165) is 5.06 Å². The Morgan fingerprint density at radius 3 is 2.50 bits per heavy atom. The largest absolute Gasteiger partial charge is 0.443 e. The second-order valence-corrected chi connectivity index (χ2v) is 5.56. The zero-order chi connectivity index (χ0) is 14.9. The number of benzene rings is 1. The van der Waals surface area contributed by atoms with Crippen LogP contribution in [-0.4, -0.2) is 29.3 Å². The lowest BCUT2D eigenvalue weighted by Crippen LogP contribution is -2.34. The van der Waals surface area contributed by atoms with E-state index in [1.807, 2.05) is 0 Å². The van der Waals surface area contributed by atoms with E-state index in [9.17, 15) is 14.0 Å². The van der Waals surface area contributed by atoms with E-state index >= 15 is 0 Å². The number of ether oxygens (including phenoxy) is 1. The van der Waals surface area contributed by atoms with E-state index in [0.29, 0.717) is 5.56 Å². The molecule has 0 aromatic heterocycles. The summed E-state index contributed by atoms with van der Waals surface area (Å²) in [6.07, 6.45) is -0.713. The monoisotopic (exact) mass is 281 g/mol. The minimum absolute atomic E-state index is 0.0549. The van der Waals surface area contributed by atoms with Gasteiger partial charge in [0.2, 0.25) is 0 Å². The molecule has 1 aromatic carbocycles. The van der Waals surface area contributed by atoms with E-state index < -0.39 is 23.6 Å². The van der Waals surface area contributed by atoms with E-state index in [2.05, 4.69) is 0 Å². The number of amides is 1. The second-order valence-electron chi connectivity index (χ2n) is 5.56. The lowest BCUT2D eigenvalue weighted by Gasteiger charge is -2.22. The molecule has 1 unspecified atom stereocenters. The zero-order valence-electron chi connectivity index (χ0n) is 11.6. The average Bonchev–Trinajstić information content (AvgIpc) is 2.70. The third-order valence-electron chi connectivity index (χ3n) is 2.70. The predicted molar refractivity (Wildman–Crippen MR) is 68.2 cm³/mol. The molecule has 20 heavy (non-hydrogen) atoms. The Morgan fingerprint density at radius 1 is 1.35 bits per heavy atom. The Kier molecular flexibility index (Phi) is 3.65. The minimum atomic E-state index is -0.713. The first-order valence-electron chi connectivity index (χ1n) is 6.24. The number of hydrogen-bond donors (Lipinski definition) is 0. The first-order chi connectivity index (χ1) is 9.26. The number of nitrogens with zero attached hydrogens (tertiary/aromatic N) is 1. The van der Waals surface area contributed by atoms with Crippen LogP contribution in [0, 0.1) is 5.82 Å². The lowest BCUT2D eigenvalue weighted by atomic mass is 10.0. The van der Waals surface area contributed by atoms with E-state index in [1.165, 1.54) is 24.3 Å². The van der Waals surface area contributed by atoms with Crippen molar-refractivity contribution < 1.29 is 23.6 Å². The van der Waals surface area contributed by atoms with Crippen molar-refractivity contribution in [2.75, 3.05) is 6.54 Å². The molecule has 0 saturated carbocycles. The second kappa shape index (κ2) is 5.11. The Balaban J connectivity index is 2.07. The molecule has 0 aliphatic carbocycles. The normalized spacial score (nSPS) is 18.9. The fourth-order valence-electron chi connectivity index (χ4n) is 1.81. The van der Waals surface area contributed by atoms with Crippen LogP contribution in [0.15, 0.2) is 24.3 Å².